The van der Waals surface area contributed by atoms with Gasteiger partial charge in [-0.05, 0) is 48.4 Å². The van der Waals surface area contributed by atoms with E-state index >= 15 is 0 Å². The van der Waals surface area contributed by atoms with Crippen molar-refractivity contribution < 1.29 is 9.15 Å². The topological polar surface area (TPSA) is 66.0 Å². The Kier molecular flexibility index (Phi) is 7.15. The van der Waals surface area contributed by atoms with Gasteiger partial charge in [-0.3, -0.25) is 0 Å². The number of aromatic nitrogens is 4. The molecule has 10 aromatic rings. The zero-order chi connectivity index (χ0) is 35.5. The highest BCUT2D eigenvalue weighted by molar-refractivity contribution is 6.14. The molecule has 10 rings (SSSR count). The van der Waals surface area contributed by atoms with Crippen molar-refractivity contribution in [2.75, 3.05) is 7.11 Å². The lowest BCUT2D eigenvalue weighted by Gasteiger charge is -2.12. The van der Waals surface area contributed by atoms with Crippen molar-refractivity contribution in [2.45, 2.75) is 6.92 Å². The highest BCUT2D eigenvalue weighted by Crippen LogP contribution is 2.42. The zero-order valence-electron chi connectivity index (χ0n) is 29.1. The second kappa shape index (κ2) is 12.3. The van der Waals surface area contributed by atoms with Crippen LogP contribution in [0.2, 0.25) is 0 Å². The fourth-order valence-corrected chi connectivity index (χ4v) is 7.64. The summed E-state index contributed by atoms with van der Waals surface area (Å²) in [4.78, 5) is 15.0. The molecule has 0 saturated carbocycles. The summed E-state index contributed by atoms with van der Waals surface area (Å²) in [6.07, 6.45) is 0. The van der Waals surface area contributed by atoms with Gasteiger partial charge >= 0.3 is 0 Å². The molecular weight excluding hydrogens is 653 g/mol. The largest absolute Gasteiger partial charge is 0.496 e. The summed E-state index contributed by atoms with van der Waals surface area (Å²) in [6, 6.07) is 54.1. The SMILES string of the molecule is COc1c(C)cccc1-c1ccc2c(c1)c1ccccc1n2-c1cccc2c1oc1c(-c3nc(-c4ccccc4)nc(-c4ccccc4)n3)cccc12. The molecule has 6 heteroatoms. The number of fused-ring (bicyclic) bond motifs is 6. The van der Waals surface area contributed by atoms with Gasteiger partial charge < -0.3 is 13.7 Å². The summed E-state index contributed by atoms with van der Waals surface area (Å²) < 4.78 is 15.1. The van der Waals surface area contributed by atoms with E-state index in [4.69, 9.17) is 24.1 Å². The van der Waals surface area contributed by atoms with Crippen LogP contribution in [-0.2, 0) is 0 Å². The number of furan rings is 1. The molecule has 6 nitrogen and oxygen atoms in total. The first kappa shape index (κ1) is 30.7. The maximum absolute atomic E-state index is 6.98. The number of hydrogen-bond donors (Lipinski definition) is 0. The monoisotopic (exact) mass is 684 g/mol. The predicted octanol–water partition coefficient (Wildman–Crippen LogP) is 11.9. The van der Waals surface area contributed by atoms with E-state index in [9.17, 15) is 0 Å². The van der Waals surface area contributed by atoms with E-state index in [2.05, 4.69) is 102 Å². The minimum Gasteiger partial charge on any atom is -0.496 e. The van der Waals surface area contributed by atoms with Gasteiger partial charge in [-0.15, -0.1) is 0 Å². The number of ether oxygens (including phenoxy) is 1. The molecule has 0 spiro atoms. The van der Waals surface area contributed by atoms with Crippen LogP contribution in [0, 0.1) is 6.92 Å². The lowest BCUT2D eigenvalue weighted by atomic mass is 10.00. The Morgan fingerprint density at radius 2 is 1.06 bits per heavy atom. The second-order valence-corrected chi connectivity index (χ2v) is 13.2. The first-order valence-corrected chi connectivity index (χ1v) is 17.7. The maximum atomic E-state index is 6.98. The summed E-state index contributed by atoms with van der Waals surface area (Å²) >= 11 is 0. The predicted molar refractivity (Wildman–Crippen MR) is 214 cm³/mol. The highest BCUT2D eigenvalue weighted by Gasteiger charge is 2.22. The molecule has 7 aromatic carbocycles. The Bertz CT molecular complexity index is 2940. The lowest BCUT2D eigenvalue weighted by Crippen LogP contribution is -2.00. The fraction of sp³-hybridized carbons (Fsp3) is 0.0426. The minimum absolute atomic E-state index is 0.555. The molecule has 0 bridgehead atoms. The van der Waals surface area contributed by atoms with Crippen molar-refractivity contribution in [3.63, 3.8) is 0 Å². The van der Waals surface area contributed by atoms with Gasteiger partial charge in [0.15, 0.2) is 23.1 Å². The van der Waals surface area contributed by atoms with Crippen LogP contribution in [0.25, 0.3) is 94.7 Å². The van der Waals surface area contributed by atoms with Gasteiger partial charge in [0.2, 0.25) is 0 Å². The number of aryl methyl sites for hydroxylation is 1. The molecule has 0 radical (unpaired) electrons. The molecule has 3 heterocycles. The second-order valence-electron chi connectivity index (χ2n) is 13.2. The third-order valence-electron chi connectivity index (χ3n) is 10.1. The molecular formula is C47H32N4O2. The standard InChI is InChI=1S/C47H32N4O2/c1-29-14-11-20-33(42(29)52-2)32-26-27-40-38(28-32)34-19-9-10-24-39(34)51(40)41-25-13-22-36-35-21-12-23-37(43(35)53-44(36)41)47-49-45(30-15-5-3-6-16-30)48-46(50-47)31-17-7-4-8-18-31/h3-28H,1-2H3. The van der Waals surface area contributed by atoms with E-state index in [0.717, 1.165) is 88.6 Å². The molecule has 0 saturated heterocycles. The van der Waals surface area contributed by atoms with Crippen molar-refractivity contribution >= 4 is 43.7 Å². The molecule has 0 aliphatic rings. The normalized spacial score (nSPS) is 11.6. The quantitative estimate of drug-likeness (QED) is 0.174. The Morgan fingerprint density at radius 3 is 1.79 bits per heavy atom. The third kappa shape index (κ3) is 4.99. The number of nitrogens with zero attached hydrogens (tertiary/aromatic N) is 4. The summed E-state index contributed by atoms with van der Waals surface area (Å²) in [5.41, 5.74) is 10.6. The fourth-order valence-electron chi connectivity index (χ4n) is 7.64. The maximum Gasteiger partial charge on any atom is 0.167 e. The molecule has 0 aliphatic carbocycles. The van der Waals surface area contributed by atoms with Crippen LogP contribution >= 0.6 is 0 Å². The molecule has 0 aliphatic heterocycles. The summed E-state index contributed by atoms with van der Waals surface area (Å²) in [6.45, 7) is 2.08. The molecule has 0 atom stereocenters. The average Bonchev–Trinajstić information content (AvgIpc) is 3.77. The van der Waals surface area contributed by atoms with E-state index in [1.165, 1.54) is 0 Å². The van der Waals surface area contributed by atoms with Gasteiger partial charge in [0.1, 0.15) is 11.3 Å². The number of methoxy groups -OCH3 is 1. The molecule has 3 aromatic heterocycles. The number of para-hydroxylation sites is 4. The molecule has 0 amide bonds. The Morgan fingerprint density at radius 1 is 0.472 bits per heavy atom. The number of rotatable bonds is 6. The van der Waals surface area contributed by atoms with Gasteiger partial charge in [-0.2, -0.15) is 0 Å². The Hall–Kier alpha value is -7.05. The third-order valence-corrected chi connectivity index (χ3v) is 10.1. The summed E-state index contributed by atoms with van der Waals surface area (Å²) in [5, 5.41) is 4.34. The molecule has 0 fully saturated rings. The highest BCUT2D eigenvalue weighted by atomic mass is 16.5. The number of hydrogen-bond acceptors (Lipinski definition) is 5. The van der Waals surface area contributed by atoms with E-state index in [1.54, 1.807) is 7.11 Å². The Balaban J connectivity index is 1.19. The Labute approximate surface area is 305 Å². The molecule has 0 unspecified atom stereocenters. The molecule has 53 heavy (non-hydrogen) atoms. The first-order valence-electron chi connectivity index (χ1n) is 17.7. The van der Waals surface area contributed by atoms with Crippen LogP contribution in [0.1, 0.15) is 5.56 Å². The van der Waals surface area contributed by atoms with Crippen LogP contribution in [0.4, 0.5) is 0 Å². The van der Waals surface area contributed by atoms with Gasteiger partial charge in [0, 0.05) is 38.2 Å². The minimum atomic E-state index is 0.555. The van der Waals surface area contributed by atoms with Gasteiger partial charge in [-0.1, -0.05) is 127 Å². The smallest absolute Gasteiger partial charge is 0.167 e. The van der Waals surface area contributed by atoms with Crippen LogP contribution in [-0.4, -0.2) is 26.6 Å². The van der Waals surface area contributed by atoms with Gasteiger partial charge in [-0.25, -0.2) is 15.0 Å². The van der Waals surface area contributed by atoms with Gasteiger partial charge in [0.25, 0.3) is 0 Å². The number of benzene rings is 7. The zero-order valence-corrected chi connectivity index (χ0v) is 29.1. The summed E-state index contributed by atoms with van der Waals surface area (Å²) in [5.74, 6) is 2.66. The van der Waals surface area contributed by atoms with Crippen molar-refractivity contribution in [3.05, 3.63) is 163 Å². The average molecular weight is 685 g/mol. The van der Waals surface area contributed by atoms with Crippen LogP contribution in [0.5, 0.6) is 5.75 Å². The van der Waals surface area contributed by atoms with E-state index in [1.807, 2.05) is 66.7 Å². The van der Waals surface area contributed by atoms with Crippen LogP contribution in [0.15, 0.2) is 162 Å². The van der Waals surface area contributed by atoms with Crippen LogP contribution in [0.3, 0.4) is 0 Å². The van der Waals surface area contributed by atoms with E-state index < -0.39 is 0 Å². The van der Waals surface area contributed by atoms with E-state index in [-0.39, 0.29) is 0 Å². The van der Waals surface area contributed by atoms with Crippen LogP contribution < -0.4 is 4.74 Å². The first-order chi connectivity index (χ1) is 26.2. The van der Waals surface area contributed by atoms with Crippen molar-refractivity contribution in [2.24, 2.45) is 0 Å². The molecule has 0 N–H and O–H groups in total. The lowest BCUT2D eigenvalue weighted by molar-refractivity contribution is 0.413. The van der Waals surface area contributed by atoms with Crippen molar-refractivity contribution in [3.8, 4) is 56.7 Å². The van der Waals surface area contributed by atoms with Gasteiger partial charge in [0.05, 0.1) is 29.4 Å². The van der Waals surface area contributed by atoms with E-state index in [0.29, 0.717) is 17.5 Å². The molecule has 252 valence electrons. The van der Waals surface area contributed by atoms with Crippen molar-refractivity contribution in [1.29, 1.82) is 0 Å². The summed E-state index contributed by atoms with van der Waals surface area (Å²) in [7, 11) is 1.74. The van der Waals surface area contributed by atoms with Crippen molar-refractivity contribution in [1.82, 2.24) is 19.5 Å².